The van der Waals surface area contributed by atoms with E-state index in [0.717, 1.165) is 10.9 Å². The van der Waals surface area contributed by atoms with Gasteiger partial charge >= 0.3 is 5.63 Å². The molecule has 0 bridgehead atoms. The van der Waals surface area contributed by atoms with Gasteiger partial charge in [0.2, 0.25) is 0 Å². The SMILES string of the molecule is CCC[C@@H](NC(=O)[C@@H](C)Oc1ccc2c(CC)cc(=O)oc2c1)C(=O)[O-]. The normalized spacial score (nSPS) is 13.2. The fraction of sp³-hybridized carbons (Fsp3) is 0.421. The van der Waals surface area contributed by atoms with E-state index in [2.05, 4.69) is 5.32 Å². The Kier molecular flexibility index (Phi) is 6.38. The summed E-state index contributed by atoms with van der Waals surface area (Å²) < 4.78 is 10.8. The van der Waals surface area contributed by atoms with Gasteiger partial charge in [-0.1, -0.05) is 20.3 Å². The number of fused-ring (bicyclic) bond motifs is 1. The second kappa shape index (κ2) is 8.51. The number of hydrogen-bond donors (Lipinski definition) is 1. The van der Waals surface area contributed by atoms with Gasteiger partial charge in [-0.05, 0) is 37.5 Å². The monoisotopic (exact) mass is 360 g/mol. The third-order valence-electron chi connectivity index (χ3n) is 4.04. The summed E-state index contributed by atoms with van der Waals surface area (Å²) in [4.78, 5) is 34.8. The molecule has 1 amide bonds. The molecule has 0 spiro atoms. The molecule has 1 N–H and O–H groups in total. The molecule has 2 aromatic rings. The van der Waals surface area contributed by atoms with Crippen LogP contribution in [0.25, 0.3) is 11.0 Å². The van der Waals surface area contributed by atoms with Crippen molar-refractivity contribution >= 4 is 22.8 Å². The number of aliphatic carboxylic acids is 1. The molecule has 0 fully saturated rings. The minimum absolute atomic E-state index is 0.279. The summed E-state index contributed by atoms with van der Waals surface area (Å²) in [6.45, 7) is 5.26. The van der Waals surface area contributed by atoms with Gasteiger partial charge in [0.25, 0.3) is 5.91 Å². The van der Waals surface area contributed by atoms with Gasteiger partial charge < -0.3 is 24.4 Å². The molecule has 0 aliphatic rings. The van der Waals surface area contributed by atoms with Gasteiger partial charge in [-0.25, -0.2) is 4.79 Å². The second-order valence-electron chi connectivity index (χ2n) is 6.03. The first-order chi connectivity index (χ1) is 12.3. The Morgan fingerprint density at radius 3 is 2.62 bits per heavy atom. The van der Waals surface area contributed by atoms with E-state index >= 15 is 0 Å². The van der Waals surface area contributed by atoms with E-state index < -0.39 is 29.6 Å². The maximum absolute atomic E-state index is 12.2. The molecule has 2 atom stereocenters. The molecule has 1 heterocycles. The Morgan fingerprint density at radius 2 is 2.00 bits per heavy atom. The minimum Gasteiger partial charge on any atom is -0.548 e. The average molecular weight is 360 g/mol. The first-order valence-electron chi connectivity index (χ1n) is 8.60. The Balaban J connectivity index is 2.15. The third kappa shape index (κ3) is 4.62. The van der Waals surface area contributed by atoms with Crippen LogP contribution in [0.3, 0.4) is 0 Å². The van der Waals surface area contributed by atoms with Gasteiger partial charge in [-0.2, -0.15) is 0 Å². The van der Waals surface area contributed by atoms with Crippen molar-refractivity contribution in [3.05, 3.63) is 40.2 Å². The smallest absolute Gasteiger partial charge is 0.336 e. The summed E-state index contributed by atoms with van der Waals surface area (Å²) in [6, 6.07) is 5.38. The Morgan fingerprint density at radius 1 is 1.27 bits per heavy atom. The zero-order chi connectivity index (χ0) is 19.3. The molecule has 7 nitrogen and oxygen atoms in total. The summed E-state index contributed by atoms with van der Waals surface area (Å²) in [5, 5.41) is 14.2. The zero-order valence-electron chi connectivity index (χ0n) is 15.0. The number of carbonyl (C=O) groups excluding carboxylic acids is 2. The Labute approximate surface area is 151 Å². The molecule has 1 aromatic heterocycles. The topological polar surface area (TPSA) is 109 Å². The van der Waals surface area contributed by atoms with Gasteiger partial charge in [-0.3, -0.25) is 4.79 Å². The molecule has 2 rings (SSSR count). The summed E-state index contributed by atoms with van der Waals surface area (Å²) in [5.41, 5.74) is 0.789. The predicted octanol–water partition coefficient (Wildman–Crippen LogP) is 1.16. The lowest BCUT2D eigenvalue weighted by atomic mass is 10.1. The van der Waals surface area contributed by atoms with Gasteiger partial charge in [0.1, 0.15) is 11.3 Å². The lowest BCUT2D eigenvalue weighted by molar-refractivity contribution is -0.308. The standard InChI is InChI=1S/C19H23NO6/c1-4-6-15(19(23)24)20-18(22)11(3)25-13-7-8-14-12(5-2)9-17(21)26-16(14)10-13/h7-11,15H,4-6H2,1-3H3,(H,20,22)(H,23,24)/p-1/t11-,15-/m1/s1. The Bertz CT molecular complexity index is 857. The van der Waals surface area contributed by atoms with Gasteiger partial charge in [0, 0.05) is 17.5 Å². The number of nitrogens with one attached hydrogen (secondary N) is 1. The maximum atomic E-state index is 12.2. The third-order valence-corrected chi connectivity index (χ3v) is 4.04. The molecule has 26 heavy (non-hydrogen) atoms. The molecule has 0 radical (unpaired) electrons. The van der Waals surface area contributed by atoms with Crippen LogP contribution in [0.2, 0.25) is 0 Å². The highest BCUT2D eigenvalue weighted by Crippen LogP contribution is 2.23. The summed E-state index contributed by atoms with van der Waals surface area (Å²) in [5.74, 6) is -1.54. The van der Waals surface area contributed by atoms with Crippen LogP contribution in [-0.4, -0.2) is 24.0 Å². The molecular formula is C19H22NO6-. The van der Waals surface area contributed by atoms with Crippen LogP contribution in [0.15, 0.2) is 33.5 Å². The van der Waals surface area contributed by atoms with Crippen LogP contribution in [0, 0.1) is 0 Å². The molecular weight excluding hydrogens is 338 g/mol. The summed E-state index contributed by atoms with van der Waals surface area (Å²) >= 11 is 0. The van der Waals surface area contributed by atoms with Crippen molar-refractivity contribution in [1.29, 1.82) is 0 Å². The molecule has 0 aliphatic carbocycles. The van der Waals surface area contributed by atoms with Crippen LogP contribution in [0.4, 0.5) is 0 Å². The van der Waals surface area contributed by atoms with Crippen LogP contribution >= 0.6 is 0 Å². The van der Waals surface area contributed by atoms with Crippen molar-refractivity contribution in [2.75, 3.05) is 0 Å². The number of amides is 1. The highest BCUT2D eigenvalue weighted by atomic mass is 16.5. The number of carboxylic acids is 1. The zero-order valence-corrected chi connectivity index (χ0v) is 15.0. The average Bonchev–Trinajstić information content (AvgIpc) is 2.59. The summed E-state index contributed by atoms with van der Waals surface area (Å²) in [6.07, 6.45) is 0.634. The van der Waals surface area contributed by atoms with Gasteiger partial charge in [0.05, 0.1) is 12.0 Å². The number of ether oxygens (including phenoxy) is 1. The number of carboxylic acid groups (broad SMARTS) is 1. The molecule has 0 aliphatic heterocycles. The van der Waals surface area contributed by atoms with Crippen molar-refractivity contribution in [2.45, 2.75) is 52.2 Å². The Hall–Kier alpha value is -2.83. The van der Waals surface area contributed by atoms with Crippen LogP contribution in [-0.2, 0) is 16.0 Å². The number of benzene rings is 1. The van der Waals surface area contributed by atoms with Crippen LogP contribution < -0.4 is 20.8 Å². The van der Waals surface area contributed by atoms with Crippen molar-refractivity contribution in [3.8, 4) is 5.75 Å². The van der Waals surface area contributed by atoms with E-state index in [1.165, 1.54) is 13.0 Å². The first kappa shape index (κ1) is 19.5. The first-order valence-corrected chi connectivity index (χ1v) is 8.60. The fourth-order valence-electron chi connectivity index (χ4n) is 2.66. The highest BCUT2D eigenvalue weighted by molar-refractivity contribution is 5.86. The van der Waals surface area contributed by atoms with Gasteiger partial charge in [0.15, 0.2) is 6.10 Å². The molecule has 140 valence electrons. The van der Waals surface area contributed by atoms with E-state index in [1.807, 2.05) is 13.8 Å². The minimum atomic E-state index is -1.33. The van der Waals surface area contributed by atoms with E-state index in [4.69, 9.17) is 9.15 Å². The van der Waals surface area contributed by atoms with Crippen molar-refractivity contribution in [1.82, 2.24) is 5.32 Å². The molecule has 1 aromatic carbocycles. The van der Waals surface area contributed by atoms with Crippen molar-refractivity contribution in [3.63, 3.8) is 0 Å². The van der Waals surface area contributed by atoms with Crippen LogP contribution in [0.1, 0.15) is 39.2 Å². The van der Waals surface area contributed by atoms with E-state index in [1.54, 1.807) is 18.2 Å². The molecule has 0 saturated heterocycles. The molecule has 0 unspecified atom stereocenters. The quantitative estimate of drug-likeness (QED) is 0.708. The van der Waals surface area contributed by atoms with E-state index in [-0.39, 0.29) is 6.42 Å². The van der Waals surface area contributed by atoms with Crippen molar-refractivity contribution in [2.24, 2.45) is 0 Å². The maximum Gasteiger partial charge on any atom is 0.336 e. The lowest BCUT2D eigenvalue weighted by Crippen LogP contribution is -2.51. The number of carbonyl (C=O) groups is 2. The van der Waals surface area contributed by atoms with Gasteiger partial charge in [-0.15, -0.1) is 0 Å². The molecule has 7 heteroatoms. The van der Waals surface area contributed by atoms with E-state index in [0.29, 0.717) is 24.2 Å². The predicted molar refractivity (Wildman–Crippen MR) is 93.8 cm³/mol. The summed E-state index contributed by atoms with van der Waals surface area (Å²) in [7, 11) is 0. The van der Waals surface area contributed by atoms with Crippen LogP contribution in [0.5, 0.6) is 5.75 Å². The lowest BCUT2D eigenvalue weighted by Gasteiger charge is -2.22. The number of hydrogen-bond acceptors (Lipinski definition) is 6. The number of aryl methyl sites for hydroxylation is 1. The van der Waals surface area contributed by atoms with Crippen molar-refractivity contribution < 1.29 is 23.8 Å². The largest absolute Gasteiger partial charge is 0.548 e. The number of rotatable bonds is 8. The molecule has 0 saturated carbocycles. The fourth-order valence-corrected chi connectivity index (χ4v) is 2.66. The van der Waals surface area contributed by atoms with E-state index in [9.17, 15) is 19.5 Å². The highest BCUT2D eigenvalue weighted by Gasteiger charge is 2.19. The second-order valence-corrected chi connectivity index (χ2v) is 6.03.